The van der Waals surface area contributed by atoms with Crippen molar-refractivity contribution >= 4 is 17.5 Å². The number of nitrogens with one attached hydrogen (secondary N) is 1. The summed E-state index contributed by atoms with van der Waals surface area (Å²) in [6, 6.07) is 4.90. The number of rotatable bonds is 5. The van der Waals surface area contributed by atoms with Gasteiger partial charge in [-0.3, -0.25) is 9.53 Å². The number of alkyl halides is 3. The van der Waals surface area contributed by atoms with Gasteiger partial charge in [0.05, 0.1) is 35.9 Å². The largest absolute Gasteiger partial charge is 0.522 e. The number of carbonyl (C=O) groups is 1. The Kier molecular flexibility index (Phi) is 6.21. The van der Waals surface area contributed by atoms with Crippen molar-refractivity contribution in [1.82, 2.24) is 14.9 Å². The third-order valence-corrected chi connectivity index (χ3v) is 9.18. The first-order chi connectivity index (χ1) is 18.0. The number of carbonyl (C=O) groups excluding carboxylic acids is 1. The minimum Gasteiger partial charge on any atom is -0.480 e. The van der Waals surface area contributed by atoms with Crippen molar-refractivity contribution in [1.29, 1.82) is 0 Å². The van der Waals surface area contributed by atoms with Gasteiger partial charge in [0.2, 0.25) is 0 Å². The van der Waals surface area contributed by atoms with Crippen LogP contribution >= 0.6 is 11.6 Å². The number of aliphatic hydroxyl groups is 2. The van der Waals surface area contributed by atoms with Crippen LogP contribution in [0.2, 0.25) is 5.02 Å². The molecule has 0 radical (unpaired) electrons. The molecule has 3 N–H and O–H groups in total. The predicted octanol–water partition coefficient (Wildman–Crippen LogP) is 4.09. The van der Waals surface area contributed by atoms with E-state index < -0.39 is 36.3 Å². The van der Waals surface area contributed by atoms with Crippen LogP contribution in [0.15, 0.2) is 30.7 Å². The highest BCUT2D eigenvalue weighted by atomic mass is 35.5. The standard InChI is InChI=1S/C26H29ClF3N3O5/c27-15-1-2-20-17(9-15)19(34)10-21(37-20)23(36)32-25-5-3-24(4-6-25,11-22(25)35)33-12-18(31-13-33)14-7-16(8-14)38-26(28,29)30/h1-2,9,12-14,16,19,21-22,34-35H,3-8,10-11H2,(H,32,36)/t14?,16?,19?,21?,22-,24?,25?/m0/s1. The fourth-order valence-corrected chi connectivity index (χ4v) is 6.81. The molecule has 206 valence electrons. The van der Waals surface area contributed by atoms with Crippen molar-refractivity contribution in [2.75, 3.05) is 0 Å². The van der Waals surface area contributed by atoms with Gasteiger partial charge >= 0.3 is 6.36 Å². The van der Waals surface area contributed by atoms with Crippen LogP contribution in [0.4, 0.5) is 13.2 Å². The molecule has 8 nitrogen and oxygen atoms in total. The molecule has 38 heavy (non-hydrogen) atoms. The lowest BCUT2D eigenvalue weighted by Crippen LogP contribution is -2.68. The molecule has 1 aromatic heterocycles. The highest BCUT2D eigenvalue weighted by Gasteiger charge is 2.56. The molecule has 2 bridgehead atoms. The number of amides is 1. The molecule has 1 aliphatic heterocycles. The predicted molar refractivity (Wildman–Crippen MR) is 129 cm³/mol. The number of fused-ring (bicyclic) bond motifs is 4. The molecular weight excluding hydrogens is 527 g/mol. The van der Waals surface area contributed by atoms with Crippen molar-refractivity contribution in [3.05, 3.63) is 47.0 Å². The SMILES string of the molecule is O=C(NC12CCC(n3cnc(C4CC(OC(F)(F)F)C4)c3)(CC1)C[C@@H]2O)C1CC(O)c2cc(Cl)ccc2O1. The smallest absolute Gasteiger partial charge is 0.480 e. The van der Waals surface area contributed by atoms with E-state index in [1.807, 2.05) is 10.8 Å². The first kappa shape index (κ1) is 25.9. The molecule has 1 amide bonds. The molecule has 12 heteroatoms. The second-order valence-electron chi connectivity index (χ2n) is 11.2. The first-order valence-corrected chi connectivity index (χ1v) is 13.3. The summed E-state index contributed by atoms with van der Waals surface area (Å²) in [5.74, 6) is -0.0394. The number of aromatic nitrogens is 2. The second kappa shape index (κ2) is 9.11. The normalized spacial score (nSPS) is 36.2. The zero-order chi connectivity index (χ0) is 26.9. The number of hydrogen-bond donors (Lipinski definition) is 3. The molecule has 2 aromatic rings. The van der Waals surface area contributed by atoms with Crippen molar-refractivity contribution in [2.45, 2.75) is 99.1 Å². The molecule has 2 unspecified atom stereocenters. The molecular formula is C26H29ClF3N3O5. The Hall–Kier alpha value is -2.34. The topological polar surface area (TPSA) is 106 Å². The minimum atomic E-state index is -4.63. The van der Waals surface area contributed by atoms with Crippen LogP contribution in [0.25, 0.3) is 0 Å². The van der Waals surface area contributed by atoms with Gasteiger partial charge in [-0.25, -0.2) is 4.98 Å². The number of aliphatic hydroxyl groups excluding tert-OH is 2. The number of nitrogens with zero attached hydrogens (tertiary/aromatic N) is 2. The van der Waals surface area contributed by atoms with Gasteiger partial charge in [0.25, 0.3) is 5.91 Å². The van der Waals surface area contributed by atoms with Gasteiger partial charge in [0.15, 0.2) is 6.10 Å². The Morgan fingerprint density at radius 2 is 1.92 bits per heavy atom. The van der Waals surface area contributed by atoms with Gasteiger partial charge in [-0.1, -0.05) is 11.6 Å². The summed E-state index contributed by atoms with van der Waals surface area (Å²) in [7, 11) is 0. The van der Waals surface area contributed by atoms with Crippen LogP contribution in [-0.2, 0) is 15.1 Å². The molecule has 5 aliphatic rings. The second-order valence-corrected chi connectivity index (χ2v) is 11.6. The molecule has 0 saturated heterocycles. The summed E-state index contributed by atoms with van der Waals surface area (Å²) in [5.41, 5.74) is 0.136. The fourth-order valence-electron chi connectivity index (χ4n) is 6.63. The van der Waals surface area contributed by atoms with Gasteiger partial charge in [-0.05, 0) is 63.1 Å². The Morgan fingerprint density at radius 1 is 1.18 bits per heavy atom. The third kappa shape index (κ3) is 4.57. The lowest BCUT2D eigenvalue weighted by molar-refractivity contribution is -0.351. The maximum atomic E-state index is 13.2. The Balaban J connectivity index is 1.09. The minimum absolute atomic E-state index is 0.0810. The average molecular weight is 556 g/mol. The van der Waals surface area contributed by atoms with E-state index in [2.05, 4.69) is 15.0 Å². The van der Waals surface area contributed by atoms with E-state index in [0.29, 0.717) is 48.4 Å². The van der Waals surface area contributed by atoms with Crippen LogP contribution < -0.4 is 10.1 Å². The Morgan fingerprint density at radius 3 is 2.61 bits per heavy atom. The first-order valence-electron chi connectivity index (χ1n) is 12.9. The van der Waals surface area contributed by atoms with Crippen LogP contribution in [0.1, 0.15) is 74.6 Å². The maximum Gasteiger partial charge on any atom is 0.522 e. The lowest BCUT2D eigenvalue weighted by Gasteiger charge is -2.56. The van der Waals surface area contributed by atoms with E-state index in [1.165, 1.54) is 0 Å². The molecule has 2 heterocycles. The van der Waals surface area contributed by atoms with Crippen LogP contribution in [-0.4, -0.2) is 55.9 Å². The van der Waals surface area contributed by atoms with E-state index in [1.54, 1.807) is 24.5 Å². The number of halogens is 4. The van der Waals surface area contributed by atoms with Crippen LogP contribution in [0.3, 0.4) is 0 Å². The molecule has 4 fully saturated rings. The lowest BCUT2D eigenvalue weighted by atomic mass is 9.59. The molecule has 4 aliphatic carbocycles. The summed E-state index contributed by atoms with van der Waals surface area (Å²) in [6.45, 7) is 0. The summed E-state index contributed by atoms with van der Waals surface area (Å²) >= 11 is 6.01. The van der Waals surface area contributed by atoms with Gasteiger partial charge < -0.3 is 24.8 Å². The Bertz CT molecular complexity index is 1220. The van der Waals surface area contributed by atoms with Crippen LogP contribution in [0.5, 0.6) is 5.75 Å². The average Bonchev–Trinajstić information content (AvgIpc) is 3.32. The summed E-state index contributed by atoms with van der Waals surface area (Å²) < 4.78 is 49.3. The van der Waals surface area contributed by atoms with E-state index in [0.717, 1.165) is 5.69 Å². The van der Waals surface area contributed by atoms with E-state index in [-0.39, 0.29) is 36.6 Å². The fraction of sp³-hybridized carbons (Fsp3) is 0.615. The van der Waals surface area contributed by atoms with E-state index in [9.17, 15) is 28.2 Å². The molecule has 1 aromatic carbocycles. The van der Waals surface area contributed by atoms with Crippen LogP contribution in [0, 0.1) is 0 Å². The molecule has 4 saturated carbocycles. The third-order valence-electron chi connectivity index (χ3n) is 8.95. The highest BCUT2D eigenvalue weighted by molar-refractivity contribution is 6.30. The quantitative estimate of drug-likeness (QED) is 0.513. The van der Waals surface area contributed by atoms with Crippen molar-refractivity contribution in [3.8, 4) is 5.75 Å². The summed E-state index contributed by atoms with van der Waals surface area (Å²) in [6.07, 6.45) is -0.860. The van der Waals surface area contributed by atoms with Gasteiger partial charge in [-0.15, -0.1) is 13.2 Å². The number of hydrogen-bond acceptors (Lipinski definition) is 6. The summed E-state index contributed by atoms with van der Waals surface area (Å²) in [4.78, 5) is 17.7. The maximum absolute atomic E-state index is 13.2. The number of ether oxygens (including phenoxy) is 2. The number of imidazole rings is 1. The summed E-state index contributed by atoms with van der Waals surface area (Å²) in [5, 5.41) is 25.3. The molecule has 7 rings (SSSR count). The van der Waals surface area contributed by atoms with E-state index in [4.69, 9.17) is 16.3 Å². The zero-order valence-electron chi connectivity index (χ0n) is 20.5. The monoisotopic (exact) mass is 555 g/mol. The van der Waals surface area contributed by atoms with Crippen molar-refractivity contribution in [2.24, 2.45) is 0 Å². The number of benzene rings is 1. The van der Waals surface area contributed by atoms with Gasteiger partial charge in [-0.2, -0.15) is 0 Å². The molecule has 3 atom stereocenters. The van der Waals surface area contributed by atoms with E-state index >= 15 is 0 Å². The van der Waals surface area contributed by atoms with Crippen molar-refractivity contribution in [3.63, 3.8) is 0 Å². The molecule has 0 spiro atoms. The van der Waals surface area contributed by atoms with Gasteiger partial charge in [0, 0.05) is 34.7 Å². The highest BCUT2D eigenvalue weighted by Crippen LogP contribution is 2.52. The Labute approximate surface area is 222 Å². The zero-order valence-corrected chi connectivity index (χ0v) is 21.2. The van der Waals surface area contributed by atoms with Crippen molar-refractivity contribution < 1.29 is 37.7 Å². The van der Waals surface area contributed by atoms with Gasteiger partial charge in [0.1, 0.15) is 5.75 Å².